The van der Waals surface area contributed by atoms with Gasteiger partial charge in [-0.3, -0.25) is 0 Å². The van der Waals surface area contributed by atoms with Crippen molar-refractivity contribution in [2.24, 2.45) is 0 Å². The lowest BCUT2D eigenvalue weighted by Crippen LogP contribution is -2.45. The standard InChI is InChI=1S/C33H37F2N3O3/c1-21-17-23(22-12-15-37(16-13-22)26-10-11-26)8-9-24(21)20-41-32-27(18-25(34)19-28(32)35)29-5-4-7-31(36-29)38-14-3-2-6-30(38)33(39)40/h4-5,7-9,17-19,22,26,30H,2-3,6,10-16,20H2,1H3,(H,39,40). The van der Waals surface area contributed by atoms with E-state index in [1.165, 1.54) is 37.3 Å². The van der Waals surface area contributed by atoms with Gasteiger partial charge in [-0.05, 0) is 106 Å². The van der Waals surface area contributed by atoms with Crippen molar-refractivity contribution in [3.05, 3.63) is 76.9 Å². The van der Waals surface area contributed by atoms with Crippen molar-refractivity contribution in [3.63, 3.8) is 0 Å². The molecular formula is C33H37F2N3O3. The van der Waals surface area contributed by atoms with Crippen LogP contribution in [0.5, 0.6) is 5.75 Å². The molecule has 3 aromatic rings. The number of benzene rings is 2. The zero-order valence-corrected chi connectivity index (χ0v) is 23.5. The summed E-state index contributed by atoms with van der Waals surface area (Å²) in [5, 5.41) is 9.71. The molecule has 6 rings (SSSR count). The van der Waals surface area contributed by atoms with Crippen LogP contribution in [-0.4, -0.2) is 52.7 Å². The van der Waals surface area contributed by atoms with Crippen molar-refractivity contribution < 1.29 is 23.4 Å². The summed E-state index contributed by atoms with van der Waals surface area (Å²) in [5.41, 5.74) is 3.90. The van der Waals surface area contributed by atoms with E-state index in [-0.39, 0.29) is 17.9 Å². The number of hydrogen-bond donors (Lipinski definition) is 1. The van der Waals surface area contributed by atoms with Gasteiger partial charge in [-0.15, -0.1) is 0 Å². The zero-order chi connectivity index (χ0) is 28.5. The highest BCUT2D eigenvalue weighted by Gasteiger charge is 2.32. The minimum Gasteiger partial charge on any atom is -0.485 e. The van der Waals surface area contributed by atoms with E-state index in [0.29, 0.717) is 30.4 Å². The Balaban J connectivity index is 1.20. The van der Waals surface area contributed by atoms with Crippen LogP contribution < -0.4 is 9.64 Å². The van der Waals surface area contributed by atoms with E-state index in [4.69, 9.17) is 4.74 Å². The number of carboxylic acids is 1. The molecule has 2 aliphatic heterocycles. The van der Waals surface area contributed by atoms with Gasteiger partial charge < -0.3 is 19.6 Å². The van der Waals surface area contributed by atoms with Gasteiger partial charge in [-0.2, -0.15) is 0 Å². The van der Waals surface area contributed by atoms with Gasteiger partial charge in [-0.25, -0.2) is 18.6 Å². The fourth-order valence-electron chi connectivity index (χ4n) is 6.42. The molecule has 3 fully saturated rings. The third-order valence-electron chi connectivity index (χ3n) is 8.90. The topological polar surface area (TPSA) is 65.9 Å². The Labute approximate surface area is 240 Å². The summed E-state index contributed by atoms with van der Waals surface area (Å²) >= 11 is 0. The summed E-state index contributed by atoms with van der Waals surface area (Å²) in [7, 11) is 0. The van der Waals surface area contributed by atoms with E-state index >= 15 is 4.39 Å². The molecule has 3 aliphatic rings. The summed E-state index contributed by atoms with van der Waals surface area (Å²) in [6.07, 6.45) is 7.26. The number of pyridine rings is 1. The maximum absolute atomic E-state index is 15.1. The van der Waals surface area contributed by atoms with Crippen molar-refractivity contribution in [3.8, 4) is 17.0 Å². The summed E-state index contributed by atoms with van der Waals surface area (Å²) in [6.45, 7) is 5.06. The minimum atomic E-state index is -0.900. The number of rotatable bonds is 8. The maximum Gasteiger partial charge on any atom is 0.326 e. The molecule has 2 aromatic carbocycles. The molecule has 0 amide bonds. The summed E-state index contributed by atoms with van der Waals surface area (Å²) in [5.74, 6) is -1.47. The van der Waals surface area contributed by atoms with Gasteiger partial charge in [0.1, 0.15) is 24.3 Å². The van der Waals surface area contributed by atoms with Crippen LogP contribution in [0.4, 0.5) is 14.6 Å². The predicted molar refractivity (Wildman–Crippen MR) is 154 cm³/mol. The zero-order valence-electron chi connectivity index (χ0n) is 23.5. The van der Waals surface area contributed by atoms with Gasteiger partial charge >= 0.3 is 5.97 Å². The molecule has 2 saturated heterocycles. The molecule has 3 heterocycles. The van der Waals surface area contributed by atoms with E-state index in [0.717, 1.165) is 49.2 Å². The molecule has 0 bridgehead atoms. The molecule has 1 aromatic heterocycles. The number of likely N-dealkylation sites (tertiary alicyclic amines) is 1. The first kappa shape index (κ1) is 27.6. The number of aliphatic carboxylic acids is 1. The average Bonchev–Trinajstić information content (AvgIpc) is 3.83. The molecule has 8 heteroatoms. The number of piperidine rings is 2. The van der Waals surface area contributed by atoms with Crippen molar-refractivity contribution >= 4 is 11.8 Å². The number of hydrogen-bond acceptors (Lipinski definition) is 5. The van der Waals surface area contributed by atoms with Crippen LogP contribution in [0.1, 0.15) is 67.6 Å². The second-order valence-corrected chi connectivity index (χ2v) is 11.7. The van der Waals surface area contributed by atoms with Gasteiger partial charge in [0.25, 0.3) is 0 Å². The third kappa shape index (κ3) is 6.08. The lowest BCUT2D eigenvalue weighted by atomic mass is 9.88. The smallest absolute Gasteiger partial charge is 0.326 e. The average molecular weight is 562 g/mol. The quantitative estimate of drug-likeness (QED) is 0.330. The molecule has 1 saturated carbocycles. The van der Waals surface area contributed by atoms with Crippen molar-refractivity contribution in [2.75, 3.05) is 24.5 Å². The fourth-order valence-corrected chi connectivity index (χ4v) is 6.42. The Morgan fingerprint density at radius 1 is 1.00 bits per heavy atom. The lowest BCUT2D eigenvalue weighted by molar-refractivity contribution is -0.139. The molecule has 0 spiro atoms. The Morgan fingerprint density at radius 2 is 1.80 bits per heavy atom. The van der Waals surface area contributed by atoms with Crippen LogP contribution in [0.3, 0.4) is 0 Å². The maximum atomic E-state index is 15.1. The Kier molecular flexibility index (Phi) is 7.93. The number of aromatic nitrogens is 1. The molecule has 1 atom stereocenters. The van der Waals surface area contributed by atoms with Crippen LogP contribution in [0.25, 0.3) is 11.3 Å². The van der Waals surface area contributed by atoms with E-state index in [1.54, 1.807) is 23.1 Å². The SMILES string of the molecule is Cc1cc(C2CCN(C3CC3)CC2)ccc1COc1c(F)cc(F)cc1-c1cccc(N2CCCCC2C(=O)O)n1. The highest BCUT2D eigenvalue weighted by atomic mass is 19.1. The van der Waals surface area contributed by atoms with Crippen LogP contribution in [0, 0.1) is 18.6 Å². The predicted octanol–water partition coefficient (Wildman–Crippen LogP) is 6.70. The van der Waals surface area contributed by atoms with E-state index in [1.807, 2.05) is 6.92 Å². The fraction of sp³-hybridized carbons (Fsp3) is 0.455. The first-order valence-electron chi connectivity index (χ1n) is 14.8. The Morgan fingerprint density at radius 3 is 2.54 bits per heavy atom. The summed E-state index contributed by atoms with van der Waals surface area (Å²) in [4.78, 5) is 20.9. The van der Waals surface area contributed by atoms with Crippen molar-refractivity contribution in [2.45, 2.75) is 76.5 Å². The molecule has 1 N–H and O–H groups in total. The van der Waals surface area contributed by atoms with Crippen LogP contribution in [0.15, 0.2) is 48.5 Å². The van der Waals surface area contributed by atoms with Crippen molar-refractivity contribution in [1.29, 1.82) is 0 Å². The van der Waals surface area contributed by atoms with E-state index < -0.39 is 23.6 Å². The minimum absolute atomic E-state index is 0.0691. The second kappa shape index (κ2) is 11.8. The number of ether oxygens (including phenoxy) is 1. The first-order valence-corrected chi connectivity index (χ1v) is 14.8. The van der Waals surface area contributed by atoms with Gasteiger partial charge in [0.05, 0.1) is 5.69 Å². The van der Waals surface area contributed by atoms with Gasteiger partial charge in [0.15, 0.2) is 11.6 Å². The Bertz CT molecular complexity index is 1420. The third-order valence-corrected chi connectivity index (χ3v) is 8.90. The molecular weight excluding hydrogens is 524 g/mol. The molecule has 1 unspecified atom stereocenters. The van der Waals surface area contributed by atoms with Crippen molar-refractivity contribution in [1.82, 2.24) is 9.88 Å². The van der Waals surface area contributed by atoms with E-state index in [2.05, 4.69) is 28.1 Å². The largest absolute Gasteiger partial charge is 0.485 e. The van der Waals surface area contributed by atoms with Gasteiger partial charge in [0.2, 0.25) is 0 Å². The molecule has 216 valence electrons. The van der Waals surface area contributed by atoms with Crippen LogP contribution >= 0.6 is 0 Å². The van der Waals surface area contributed by atoms with Gasteiger partial charge in [-0.1, -0.05) is 24.3 Å². The number of carbonyl (C=O) groups is 1. The van der Waals surface area contributed by atoms with Gasteiger partial charge in [0, 0.05) is 24.2 Å². The highest BCUT2D eigenvalue weighted by Crippen LogP contribution is 2.37. The number of aryl methyl sites for hydroxylation is 1. The van der Waals surface area contributed by atoms with E-state index in [9.17, 15) is 14.3 Å². The molecule has 0 radical (unpaired) electrons. The lowest BCUT2D eigenvalue weighted by Gasteiger charge is -2.34. The number of anilines is 1. The monoisotopic (exact) mass is 561 g/mol. The second-order valence-electron chi connectivity index (χ2n) is 11.7. The normalized spacial score (nSPS) is 20.3. The number of nitrogens with zero attached hydrogens (tertiary/aromatic N) is 3. The number of carboxylic acid groups (broad SMARTS) is 1. The summed E-state index contributed by atoms with van der Waals surface area (Å²) < 4.78 is 35.6. The first-order chi connectivity index (χ1) is 19.9. The van der Waals surface area contributed by atoms with Crippen LogP contribution in [-0.2, 0) is 11.4 Å². The Hall–Kier alpha value is -3.52. The van der Waals surface area contributed by atoms with Crippen LogP contribution in [0.2, 0.25) is 0 Å². The number of halogens is 2. The molecule has 41 heavy (non-hydrogen) atoms. The highest BCUT2D eigenvalue weighted by molar-refractivity contribution is 5.78. The summed E-state index contributed by atoms with van der Waals surface area (Å²) in [6, 6.07) is 13.8. The molecule has 6 nitrogen and oxygen atoms in total. The molecule has 1 aliphatic carbocycles.